The molecule has 0 aliphatic carbocycles. The maximum atomic E-state index is 5.79. The zero-order valence-corrected chi connectivity index (χ0v) is 15.9. The van der Waals surface area contributed by atoms with E-state index in [1.807, 2.05) is 25.1 Å². The Hall–Kier alpha value is -2.70. The van der Waals surface area contributed by atoms with E-state index in [2.05, 4.69) is 22.2 Å². The molecule has 0 amide bonds. The number of unbranched alkanes of at least 4 members (excludes halogenated alkanes) is 1. The van der Waals surface area contributed by atoms with Gasteiger partial charge in [-0.05, 0) is 25.5 Å². The third kappa shape index (κ3) is 5.40. The fourth-order valence-corrected chi connectivity index (χ4v) is 2.35. The Balaban J connectivity index is 1.92. The molecule has 26 heavy (non-hydrogen) atoms. The summed E-state index contributed by atoms with van der Waals surface area (Å²) in [6.45, 7) is 5.56. The third-order valence-corrected chi connectivity index (χ3v) is 3.66. The summed E-state index contributed by atoms with van der Waals surface area (Å²) >= 11 is 0. The van der Waals surface area contributed by atoms with Gasteiger partial charge in [-0.2, -0.15) is 0 Å². The Kier molecular flexibility index (Phi) is 7.79. The van der Waals surface area contributed by atoms with E-state index in [0.29, 0.717) is 47.9 Å². The summed E-state index contributed by atoms with van der Waals surface area (Å²) in [5.41, 5.74) is 0. The average molecular weight is 361 g/mol. The zero-order valence-electron chi connectivity index (χ0n) is 15.9. The van der Waals surface area contributed by atoms with Crippen LogP contribution in [0.5, 0.6) is 23.0 Å². The van der Waals surface area contributed by atoms with Crippen LogP contribution >= 0.6 is 0 Å². The number of nitrogens with zero attached hydrogens (tertiary/aromatic N) is 2. The molecule has 0 atom stereocenters. The lowest BCUT2D eigenvalue weighted by Crippen LogP contribution is -2.13. The topological polar surface area (TPSA) is 74.7 Å². The Morgan fingerprint density at radius 3 is 2.42 bits per heavy atom. The molecule has 0 fully saturated rings. The smallest absolute Gasteiger partial charge is 0.203 e. The minimum atomic E-state index is 0.353. The summed E-state index contributed by atoms with van der Waals surface area (Å²) in [5.74, 6) is 3.83. The molecule has 0 radical (unpaired) electrons. The summed E-state index contributed by atoms with van der Waals surface area (Å²) < 4.78 is 22.2. The van der Waals surface area contributed by atoms with Crippen LogP contribution in [0.15, 0.2) is 24.4 Å². The van der Waals surface area contributed by atoms with Crippen molar-refractivity contribution in [3.05, 3.63) is 30.2 Å². The Morgan fingerprint density at radius 1 is 1.00 bits per heavy atom. The highest BCUT2D eigenvalue weighted by atomic mass is 16.5. The van der Waals surface area contributed by atoms with Crippen LogP contribution in [-0.4, -0.2) is 43.9 Å². The van der Waals surface area contributed by atoms with Gasteiger partial charge in [0.05, 0.1) is 20.4 Å². The molecule has 7 heteroatoms. The van der Waals surface area contributed by atoms with Crippen LogP contribution in [-0.2, 0) is 0 Å². The summed E-state index contributed by atoms with van der Waals surface area (Å²) in [5, 5.41) is 3.29. The van der Waals surface area contributed by atoms with Gasteiger partial charge < -0.3 is 24.3 Å². The second-order valence-electron chi connectivity index (χ2n) is 5.60. The summed E-state index contributed by atoms with van der Waals surface area (Å²) in [7, 11) is 3.17. The van der Waals surface area contributed by atoms with Gasteiger partial charge in [-0.3, -0.25) is 0 Å². The van der Waals surface area contributed by atoms with Crippen LogP contribution in [0.1, 0.15) is 25.6 Å². The van der Waals surface area contributed by atoms with Gasteiger partial charge in [0, 0.05) is 6.54 Å². The van der Waals surface area contributed by atoms with Crippen LogP contribution in [0.3, 0.4) is 0 Å². The highest BCUT2D eigenvalue weighted by molar-refractivity contribution is 5.51. The molecule has 2 rings (SSSR count). The van der Waals surface area contributed by atoms with E-state index in [4.69, 9.17) is 18.9 Å². The lowest BCUT2D eigenvalue weighted by molar-refractivity contribution is 0.209. The highest BCUT2D eigenvalue weighted by Gasteiger charge is 2.11. The third-order valence-electron chi connectivity index (χ3n) is 3.66. The second-order valence-corrected chi connectivity index (χ2v) is 5.60. The van der Waals surface area contributed by atoms with E-state index in [1.165, 1.54) is 0 Å². The van der Waals surface area contributed by atoms with Crippen molar-refractivity contribution >= 4 is 5.82 Å². The Bertz CT molecular complexity index is 694. The molecule has 0 spiro atoms. The quantitative estimate of drug-likeness (QED) is 0.614. The normalized spacial score (nSPS) is 10.3. The van der Waals surface area contributed by atoms with E-state index >= 15 is 0 Å². The monoisotopic (exact) mass is 361 g/mol. The van der Waals surface area contributed by atoms with E-state index in [1.54, 1.807) is 20.4 Å². The van der Waals surface area contributed by atoms with Gasteiger partial charge in [-0.15, -0.1) is 0 Å². The molecule has 2 aromatic rings. The van der Waals surface area contributed by atoms with Crippen LogP contribution < -0.4 is 24.3 Å². The van der Waals surface area contributed by atoms with Gasteiger partial charge in [0.1, 0.15) is 19.0 Å². The first kappa shape index (κ1) is 19.6. The van der Waals surface area contributed by atoms with Gasteiger partial charge in [0.2, 0.25) is 5.75 Å². The number of rotatable bonds is 11. The number of para-hydroxylation sites is 1. The Labute approximate surface area is 154 Å². The summed E-state index contributed by atoms with van der Waals surface area (Å²) in [4.78, 5) is 8.61. The summed E-state index contributed by atoms with van der Waals surface area (Å²) in [6, 6.07) is 5.50. The number of aromatic nitrogens is 2. The molecule has 1 N–H and O–H groups in total. The van der Waals surface area contributed by atoms with E-state index < -0.39 is 0 Å². The van der Waals surface area contributed by atoms with Gasteiger partial charge in [-0.1, -0.05) is 19.4 Å². The van der Waals surface area contributed by atoms with Crippen LogP contribution in [0.4, 0.5) is 5.82 Å². The molecular weight excluding hydrogens is 334 g/mol. The van der Waals surface area contributed by atoms with Crippen LogP contribution in [0.25, 0.3) is 0 Å². The number of hydrogen-bond acceptors (Lipinski definition) is 7. The molecule has 7 nitrogen and oxygen atoms in total. The van der Waals surface area contributed by atoms with Crippen molar-refractivity contribution in [1.82, 2.24) is 9.97 Å². The van der Waals surface area contributed by atoms with Crippen LogP contribution in [0, 0.1) is 6.92 Å². The highest BCUT2D eigenvalue weighted by Crippen LogP contribution is 2.36. The molecule has 142 valence electrons. The van der Waals surface area contributed by atoms with Gasteiger partial charge in [0.25, 0.3) is 0 Å². The lowest BCUT2D eigenvalue weighted by Gasteiger charge is -2.15. The molecule has 1 aromatic carbocycles. The number of nitrogens with one attached hydrogen (secondary N) is 1. The second kappa shape index (κ2) is 10.3. The van der Waals surface area contributed by atoms with Crippen molar-refractivity contribution in [2.24, 2.45) is 0 Å². The fraction of sp³-hybridized carbons (Fsp3) is 0.474. The van der Waals surface area contributed by atoms with E-state index in [0.717, 1.165) is 19.4 Å². The van der Waals surface area contributed by atoms with Gasteiger partial charge in [-0.25, -0.2) is 9.97 Å². The van der Waals surface area contributed by atoms with Crippen LogP contribution in [0.2, 0.25) is 0 Å². The standard InChI is InChI=1S/C19H27N3O4/c1-5-6-10-20-19-17(13-21-14(2)22-19)26-12-11-25-16-9-7-8-15(23-3)18(16)24-4/h7-9,13H,5-6,10-12H2,1-4H3,(H,20,21,22). The molecule has 1 heterocycles. The minimum Gasteiger partial charge on any atom is -0.493 e. The van der Waals surface area contributed by atoms with Crippen molar-refractivity contribution in [3.8, 4) is 23.0 Å². The Morgan fingerprint density at radius 2 is 1.73 bits per heavy atom. The van der Waals surface area contributed by atoms with Crippen molar-refractivity contribution in [1.29, 1.82) is 0 Å². The molecule has 0 saturated carbocycles. The number of hydrogen-bond donors (Lipinski definition) is 1. The van der Waals surface area contributed by atoms with Crippen molar-refractivity contribution in [2.45, 2.75) is 26.7 Å². The van der Waals surface area contributed by atoms with Gasteiger partial charge in [0.15, 0.2) is 23.1 Å². The van der Waals surface area contributed by atoms with Gasteiger partial charge >= 0.3 is 0 Å². The maximum absolute atomic E-state index is 5.79. The van der Waals surface area contributed by atoms with Crippen molar-refractivity contribution in [2.75, 3.05) is 39.3 Å². The largest absolute Gasteiger partial charge is 0.493 e. The molecule has 0 unspecified atom stereocenters. The first-order valence-corrected chi connectivity index (χ1v) is 8.73. The number of methoxy groups -OCH3 is 2. The average Bonchev–Trinajstić information content (AvgIpc) is 2.66. The lowest BCUT2D eigenvalue weighted by atomic mass is 10.3. The van der Waals surface area contributed by atoms with Crippen molar-refractivity contribution in [3.63, 3.8) is 0 Å². The van der Waals surface area contributed by atoms with E-state index in [9.17, 15) is 0 Å². The number of aryl methyl sites for hydroxylation is 1. The first-order chi connectivity index (χ1) is 12.7. The minimum absolute atomic E-state index is 0.353. The predicted octanol–water partition coefficient (Wildman–Crippen LogP) is 3.47. The SMILES string of the molecule is CCCCNc1nc(C)ncc1OCCOc1cccc(OC)c1OC. The molecular formula is C19H27N3O4. The predicted molar refractivity (Wildman–Crippen MR) is 101 cm³/mol. The maximum Gasteiger partial charge on any atom is 0.203 e. The molecule has 0 bridgehead atoms. The van der Waals surface area contributed by atoms with E-state index in [-0.39, 0.29) is 0 Å². The molecule has 0 saturated heterocycles. The zero-order chi connectivity index (χ0) is 18.8. The summed E-state index contributed by atoms with van der Waals surface area (Å²) in [6.07, 6.45) is 3.87. The number of benzene rings is 1. The number of anilines is 1. The van der Waals surface area contributed by atoms with Crippen molar-refractivity contribution < 1.29 is 18.9 Å². The number of ether oxygens (including phenoxy) is 4. The molecule has 0 aliphatic rings. The fourth-order valence-electron chi connectivity index (χ4n) is 2.35. The molecule has 1 aromatic heterocycles. The molecule has 0 aliphatic heterocycles. The first-order valence-electron chi connectivity index (χ1n) is 8.73.